The first-order valence-corrected chi connectivity index (χ1v) is 8.82. The topological polar surface area (TPSA) is 61.9 Å². The van der Waals surface area contributed by atoms with Gasteiger partial charge < -0.3 is 4.90 Å². The number of nitrogens with one attached hydrogen (secondary N) is 1. The standard InChI is InChI=1S/C17H24N4OS/c1-5-6-15-18-17(20-19-15)23-11-16(22)21(4)10-14-8-7-12(2)9-13(14)3/h7-9H,5-6,10-11H2,1-4H3,(H,18,19,20). The molecule has 0 saturated heterocycles. The average molecular weight is 332 g/mol. The van der Waals surface area contributed by atoms with Crippen LogP contribution in [-0.4, -0.2) is 38.8 Å². The highest BCUT2D eigenvalue weighted by Crippen LogP contribution is 2.16. The molecule has 6 heteroatoms. The van der Waals surface area contributed by atoms with Gasteiger partial charge in [-0.3, -0.25) is 9.89 Å². The maximum Gasteiger partial charge on any atom is 0.233 e. The number of hydrogen-bond acceptors (Lipinski definition) is 4. The lowest BCUT2D eigenvalue weighted by Crippen LogP contribution is -2.28. The molecule has 0 saturated carbocycles. The number of aromatic amines is 1. The molecule has 0 aliphatic heterocycles. The third-order valence-electron chi connectivity index (χ3n) is 3.65. The van der Waals surface area contributed by atoms with Gasteiger partial charge >= 0.3 is 0 Å². The Labute approximate surface area is 141 Å². The summed E-state index contributed by atoms with van der Waals surface area (Å²) in [4.78, 5) is 18.4. The summed E-state index contributed by atoms with van der Waals surface area (Å²) >= 11 is 1.38. The molecule has 0 bridgehead atoms. The van der Waals surface area contributed by atoms with Crippen molar-refractivity contribution < 1.29 is 4.79 Å². The van der Waals surface area contributed by atoms with Gasteiger partial charge in [0.1, 0.15) is 5.82 Å². The minimum absolute atomic E-state index is 0.0804. The van der Waals surface area contributed by atoms with Crippen LogP contribution in [0.1, 0.15) is 35.9 Å². The fourth-order valence-electron chi connectivity index (χ4n) is 2.29. The molecule has 23 heavy (non-hydrogen) atoms. The Morgan fingerprint density at radius 3 is 2.83 bits per heavy atom. The van der Waals surface area contributed by atoms with E-state index in [2.05, 4.69) is 54.2 Å². The van der Waals surface area contributed by atoms with Crippen LogP contribution in [0.25, 0.3) is 0 Å². The maximum atomic E-state index is 12.3. The number of aromatic nitrogens is 3. The Morgan fingerprint density at radius 1 is 1.35 bits per heavy atom. The number of rotatable bonds is 7. The monoisotopic (exact) mass is 332 g/mol. The zero-order valence-corrected chi connectivity index (χ0v) is 15.0. The second kappa shape index (κ2) is 8.15. The molecular formula is C17H24N4OS. The van der Waals surface area contributed by atoms with Crippen molar-refractivity contribution in [3.8, 4) is 0 Å². The molecule has 1 aromatic carbocycles. The van der Waals surface area contributed by atoms with Gasteiger partial charge in [0, 0.05) is 20.0 Å². The normalized spacial score (nSPS) is 10.8. The minimum Gasteiger partial charge on any atom is -0.341 e. The van der Waals surface area contributed by atoms with Crippen molar-refractivity contribution >= 4 is 17.7 Å². The maximum absolute atomic E-state index is 12.3. The summed E-state index contributed by atoms with van der Waals surface area (Å²) in [6, 6.07) is 6.32. The molecule has 1 N–H and O–H groups in total. The second-order valence-electron chi connectivity index (χ2n) is 5.78. The lowest BCUT2D eigenvalue weighted by atomic mass is 10.1. The zero-order valence-electron chi connectivity index (χ0n) is 14.2. The molecule has 1 heterocycles. The molecule has 1 aromatic heterocycles. The van der Waals surface area contributed by atoms with E-state index >= 15 is 0 Å². The van der Waals surface area contributed by atoms with E-state index in [4.69, 9.17) is 0 Å². The number of H-pyrrole nitrogens is 1. The van der Waals surface area contributed by atoms with Gasteiger partial charge in [-0.2, -0.15) is 0 Å². The quantitative estimate of drug-likeness (QED) is 0.791. The van der Waals surface area contributed by atoms with Crippen LogP contribution in [0.4, 0.5) is 0 Å². The van der Waals surface area contributed by atoms with Crippen LogP contribution in [0.15, 0.2) is 23.4 Å². The fraction of sp³-hybridized carbons (Fsp3) is 0.471. The molecule has 0 aliphatic rings. The van der Waals surface area contributed by atoms with Crippen LogP contribution in [0.3, 0.4) is 0 Å². The van der Waals surface area contributed by atoms with E-state index in [-0.39, 0.29) is 5.91 Å². The molecule has 0 spiro atoms. The van der Waals surface area contributed by atoms with Gasteiger partial charge in [-0.1, -0.05) is 42.4 Å². The third kappa shape index (κ3) is 5.10. The van der Waals surface area contributed by atoms with Crippen LogP contribution in [0.2, 0.25) is 0 Å². The number of amides is 1. The van der Waals surface area contributed by atoms with Gasteiger partial charge in [-0.15, -0.1) is 5.10 Å². The summed E-state index contributed by atoms with van der Waals surface area (Å²) in [5, 5.41) is 7.68. The number of carbonyl (C=O) groups is 1. The van der Waals surface area contributed by atoms with E-state index in [1.54, 1.807) is 4.90 Å². The number of thioether (sulfide) groups is 1. The van der Waals surface area contributed by atoms with E-state index in [9.17, 15) is 4.79 Å². The Balaban J connectivity index is 1.86. The van der Waals surface area contributed by atoms with Gasteiger partial charge in [-0.05, 0) is 31.4 Å². The van der Waals surface area contributed by atoms with Gasteiger partial charge in [0.2, 0.25) is 11.1 Å². The Kier molecular flexibility index (Phi) is 6.21. The average Bonchev–Trinajstić information content (AvgIpc) is 2.95. The molecule has 1 amide bonds. The van der Waals surface area contributed by atoms with Crippen molar-refractivity contribution in [1.82, 2.24) is 20.1 Å². The summed E-state index contributed by atoms with van der Waals surface area (Å²) in [5.74, 6) is 1.31. The first-order chi connectivity index (χ1) is 11.0. The Bertz CT molecular complexity index is 668. The highest BCUT2D eigenvalue weighted by atomic mass is 32.2. The van der Waals surface area contributed by atoms with Crippen molar-refractivity contribution in [3.63, 3.8) is 0 Å². The van der Waals surface area contributed by atoms with Gasteiger partial charge in [0.15, 0.2) is 0 Å². The van der Waals surface area contributed by atoms with E-state index in [1.807, 2.05) is 7.05 Å². The van der Waals surface area contributed by atoms with Gasteiger partial charge in [0.25, 0.3) is 0 Å². The van der Waals surface area contributed by atoms with Crippen LogP contribution in [-0.2, 0) is 17.8 Å². The van der Waals surface area contributed by atoms with Crippen molar-refractivity contribution in [2.24, 2.45) is 0 Å². The molecule has 2 aromatic rings. The number of carbonyl (C=O) groups excluding carboxylic acids is 1. The first kappa shape index (κ1) is 17.5. The van der Waals surface area contributed by atoms with Crippen LogP contribution in [0, 0.1) is 13.8 Å². The van der Waals surface area contributed by atoms with E-state index < -0.39 is 0 Å². The van der Waals surface area contributed by atoms with Crippen molar-refractivity contribution in [2.75, 3.05) is 12.8 Å². The van der Waals surface area contributed by atoms with E-state index in [0.29, 0.717) is 17.5 Å². The highest BCUT2D eigenvalue weighted by molar-refractivity contribution is 7.99. The number of aryl methyl sites for hydroxylation is 3. The molecule has 5 nitrogen and oxygen atoms in total. The molecule has 0 fully saturated rings. The molecule has 0 radical (unpaired) electrons. The van der Waals surface area contributed by atoms with Gasteiger partial charge in [-0.25, -0.2) is 4.98 Å². The molecule has 2 rings (SSSR count). The smallest absolute Gasteiger partial charge is 0.233 e. The zero-order chi connectivity index (χ0) is 16.8. The van der Waals surface area contributed by atoms with Crippen molar-refractivity contribution in [2.45, 2.75) is 45.3 Å². The van der Waals surface area contributed by atoms with Crippen LogP contribution < -0.4 is 0 Å². The fourth-order valence-corrected chi connectivity index (χ4v) is 3.05. The molecule has 0 aliphatic carbocycles. The lowest BCUT2D eigenvalue weighted by molar-refractivity contribution is -0.127. The molecule has 0 atom stereocenters. The van der Waals surface area contributed by atoms with E-state index in [0.717, 1.165) is 18.7 Å². The molecular weight excluding hydrogens is 308 g/mol. The number of benzene rings is 1. The third-order valence-corrected chi connectivity index (χ3v) is 4.49. The predicted octanol–water partition coefficient (Wildman–Crippen LogP) is 3.12. The predicted molar refractivity (Wildman–Crippen MR) is 93.5 cm³/mol. The van der Waals surface area contributed by atoms with Crippen LogP contribution >= 0.6 is 11.8 Å². The Morgan fingerprint density at radius 2 is 2.13 bits per heavy atom. The van der Waals surface area contributed by atoms with Crippen molar-refractivity contribution in [1.29, 1.82) is 0 Å². The summed E-state index contributed by atoms with van der Waals surface area (Å²) in [6.07, 6.45) is 1.91. The molecule has 0 unspecified atom stereocenters. The molecule has 124 valence electrons. The number of nitrogens with zero attached hydrogens (tertiary/aromatic N) is 3. The number of hydrogen-bond donors (Lipinski definition) is 1. The minimum atomic E-state index is 0.0804. The van der Waals surface area contributed by atoms with E-state index in [1.165, 1.54) is 28.5 Å². The summed E-state index contributed by atoms with van der Waals surface area (Å²) < 4.78 is 0. The lowest BCUT2D eigenvalue weighted by Gasteiger charge is -2.18. The largest absolute Gasteiger partial charge is 0.341 e. The summed E-state index contributed by atoms with van der Waals surface area (Å²) in [5.41, 5.74) is 3.64. The first-order valence-electron chi connectivity index (χ1n) is 7.83. The van der Waals surface area contributed by atoms with Crippen molar-refractivity contribution in [3.05, 3.63) is 40.7 Å². The Hall–Kier alpha value is -1.82. The highest BCUT2D eigenvalue weighted by Gasteiger charge is 2.13. The van der Waals surface area contributed by atoms with Gasteiger partial charge in [0.05, 0.1) is 5.75 Å². The summed E-state index contributed by atoms with van der Waals surface area (Å²) in [6.45, 7) is 6.88. The van der Waals surface area contributed by atoms with Crippen LogP contribution in [0.5, 0.6) is 0 Å². The second-order valence-corrected chi connectivity index (χ2v) is 6.73. The summed E-state index contributed by atoms with van der Waals surface area (Å²) in [7, 11) is 1.84. The SMILES string of the molecule is CCCc1nc(SCC(=O)N(C)Cc2ccc(C)cc2C)n[nH]1.